The third-order valence-corrected chi connectivity index (χ3v) is 5.01. The highest BCUT2D eigenvalue weighted by atomic mass is 16.2. The molecule has 1 unspecified atom stereocenters. The number of piperazine rings is 1. The first-order valence-corrected chi connectivity index (χ1v) is 8.95. The van der Waals surface area contributed by atoms with Gasteiger partial charge in [0.2, 0.25) is 5.91 Å². The number of benzene rings is 1. The number of imidazole rings is 1. The summed E-state index contributed by atoms with van der Waals surface area (Å²) in [5.74, 6) is -0.0283. The van der Waals surface area contributed by atoms with Gasteiger partial charge in [-0.15, -0.1) is 0 Å². The Kier molecular flexibility index (Phi) is 4.55. The van der Waals surface area contributed by atoms with Crippen LogP contribution in [0.3, 0.4) is 0 Å². The van der Waals surface area contributed by atoms with E-state index in [-0.39, 0.29) is 11.9 Å². The first kappa shape index (κ1) is 16.6. The topological polar surface area (TPSA) is 65.2 Å². The van der Waals surface area contributed by atoms with E-state index in [1.807, 2.05) is 41.1 Å². The number of amides is 1. The predicted molar refractivity (Wildman–Crippen MR) is 98.3 cm³/mol. The maximum Gasteiger partial charge on any atom is 0.246 e. The molecular weight excluding hydrogens is 326 g/mol. The summed E-state index contributed by atoms with van der Waals surface area (Å²) in [6.07, 6.45) is 11.2. The van der Waals surface area contributed by atoms with Crippen LogP contribution in [-0.4, -0.2) is 57.0 Å². The summed E-state index contributed by atoms with van der Waals surface area (Å²) in [5.41, 5.74) is 2.00. The zero-order valence-electron chi connectivity index (χ0n) is 14.5. The van der Waals surface area contributed by atoms with Gasteiger partial charge in [-0.2, -0.15) is 5.26 Å². The fourth-order valence-electron chi connectivity index (χ4n) is 3.40. The Morgan fingerprint density at radius 3 is 2.69 bits per heavy atom. The fraction of sp³-hybridized carbons (Fsp3) is 0.350. The minimum Gasteiger partial charge on any atom is -0.335 e. The predicted octanol–water partition coefficient (Wildman–Crippen LogP) is 2.08. The van der Waals surface area contributed by atoms with Crippen LogP contribution in [0.4, 0.5) is 0 Å². The zero-order chi connectivity index (χ0) is 17.9. The molecule has 26 heavy (non-hydrogen) atoms. The molecule has 1 aromatic heterocycles. The lowest BCUT2D eigenvalue weighted by Crippen LogP contribution is -2.54. The summed E-state index contributed by atoms with van der Waals surface area (Å²) in [6, 6.07) is 10.7. The molecule has 0 bridgehead atoms. The number of nitrogens with zero attached hydrogens (tertiary/aromatic N) is 5. The second-order valence-corrected chi connectivity index (χ2v) is 6.79. The van der Waals surface area contributed by atoms with Crippen LogP contribution in [0.5, 0.6) is 0 Å². The van der Waals surface area contributed by atoms with Crippen LogP contribution in [0, 0.1) is 11.3 Å². The Morgan fingerprint density at radius 1 is 1.23 bits per heavy atom. The lowest BCUT2D eigenvalue weighted by Gasteiger charge is -2.38. The molecule has 1 amide bonds. The van der Waals surface area contributed by atoms with Crippen molar-refractivity contribution in [3.05, 3.63) is 54.6 Å². The van der Waals surface area contributed by atoms with Crippen molar-refractivity contribution >= 4 is 12.0 Å². The van der Waals surface area contributed by atoms with Gasteiger partial charge in [0.1, 0.15) is 6.04 Å². The van der Waals surface area contributed by atoms with Crippen LogP contribution in [0.25, 0.3) is 11.8 Å². The van der Waals surface area contributed by atoms with E-state index < -0.39 is 0 Å². The Labute approximate surface area is 153 Å². The maximum atomic E-state index is 12.5. The molecule has 6 heteroatoms. The monoisotopic (exact) mass is 347 g/mol. The molecule has 6 nitrogen and oxygen atoms in total. The Hall–Kier alpha value is -2.91. The van der Waals surface area contributed by atoms with E-state index in [1.54, 1.807) is 23.5 Å². The molecule has 1 saturated carbocycles. The molecule has 132 valence electrons. The van der Waals surface area contributed by atoms with Gasteiger partial charge < -0.3 is 9.47 Å². The van der Waals surface area contributed by atoms with Gasteiger partial charge in [0.15, 0.2) is 0 Å². The van der Waals surface area contributed by atoms with Crippen LogP contribution >= 0.6 is 0 Å². The molecule has 0 spiro atoms. The number of aromatic nitrogens is 2. The first-order valence-electron chi connectivity index (χ1n) is 8.95. The fourth-order valence-corrected chi connectivity index (χ4v) is 3.40. The third-order valence-electron chi connectivity index (χ3n) is 5.01. The molecule has 1 saturated heterocycles. The van der Waals surface area contributed by atoms with Gasteiger partial charge in [-0.05, 0) is 36.6 Å². The van der Waals surface area contributed by atoms with Crippen LogP contribution in [0.15, 0.2) is 49.1 Å². The Morgan fingerprint density at radius 2 is 2.04 bits per heavy atom. The van der Waals surface area contributed by atoms with E-state index in [2.05, 4.69) is 16.0 Å². The molecule has 2 heterocycles. The summed E-state index contributed by atoms with van der Waals surface area (Å²) >= 11 is 0. The summed E-state index contributed by atoms with van der Waals surface area (Å²) in [6.45, 7) is 1.98. The third kappa shape index (κ3) is 3.53. The van der Waals surface area contributed by atoms with Gasteiger partial charge >= 0.3 is 0 Å². The van der Waals surface area contributed by atoms with Gasteiger partial charge in [0.25, 0.3) is 0 Å². The molecule has 1 aliphatic carbocycles. The van der Waals surface area contributed by atoms with Gasteiger partial charge in [0.05, 0.1) is 12.4 Å². The van der Waals surface area contributed by atoms with E-state index in [9.17, 15) is 10.1 Å². The molecule has 1 aliphatic heterocycles. The van der Waals surface area contributed by atoms with Crippen molar-refractivity contribution in [3.63, 3.8) is 0 Å². The molecule has 2 fully saturated rings. The first-order chi connectivity index (χ1) is 12.7. The lowest BCUT2D eigenvalue weighted by atomic mass is 10.1. The van der Waals surface area contributed by atoms with Crippen molar-refractivity contribution in [2.75, 3.05) is 19.6 Å². The van der Waals surface area contributed by atoms with E-state index in [1.165, 1.54) is 12.8 Å². The smallest absolute Gasteiger partial charge is 0.246 e. The molecule has 2 aromatic rings. The average Bonchev–Trinajstić information content (AvgIpc) is 3.39. The Balaban J connectivity index is 1.37. The number of hydrogen-bond acceptors (Lipinski definition) is 4. The van der Waals surface area contributed by atoms with E-state index in [4.69, 9.17) is 0 Å². The van der Waals surface area contributed by atoms with Gasteiger partial charge in [-0.1, -0.05) is 12.1 Å². The molecule has 2 aliphatic rings. The Bertz CT molecular complexity index is 830. The van der Waals surface area contributed by atoms with Crippen molar-refractivity contribution in [1.29, 1.82) is 5.26 Å². The highest BCUT2D eigenvalue weighted by Gasteiger charge is 2.38. The van der Waals surface area contributed by atoms with Crippen LogP contribution in [0.1, 0.15) is 18.4 Å². The molecule has 0 radical (unpaired) electrons. The highest BCUT2D eigenvalue weighted by molar-refractivity contribution is 5.92. The zero-order valence-corrected chi connectivity index (χ0v) is 14.5. The summed E-state index contributed by atoms with van der Waals surface area (Å²) in [4.78, 5) is 20.5. The average molecular weight is 347 g/mol. The molecular formula is C20H21N5O. The summed E-state index contributed by atoms with van der Waals surface area (Å²) in [5, 5.41) is 9.40. The van der Waals surface area contributed by atoms with Crippen LogP contribution < -0.4 is 0 Å². The number of nitriles is 1. The second kappa shape index (κ2) is 7.14. The minimum atomic E-state index is -0.178. The normalized spacial score (nSPS) is 21.0. The van der Waals surface area contributed by atoms with Gasteiger partial charge in [0, 0.05) is 49.8 Å². The SMILES string of the molecule is N#CC1CN(C(=O)/C=C/c2ccc(-n3ccnc3)cc2)CCN1C1CC1. The number of carbonyl (C=O) groups is 1. The summed E-state index contributed by atoms with van der Waals surface area (Å²) < 4.78 is 1.93. The van der Waals surface area contributed by atoms with Crippen molar-refractivity contribution < 1.29 is 4.79 Å². The molecule has 1 aromatic carbocycles. The molecule has 1 atom stereocenters. The van der Waals surface area contributed by atoms with Gasteiger partial charge in [-0.25, -0.2) is 4.98 Å². The highest BCUT2D eigenvalue weighted by Crippen LogP contribution is 2.30. The van der Waals surface area contributed by atoms with Crippen molar-refractivity contribution in [1.82, 2.24) is 19.4 Å². The molecule has 4 rings (SSSR count). The van der Waals surface area contributed by atoms with Crippen molar-refractivity contribution in [2.24, 2.45) is 0 Å². The number of carbonyl (C=O) groups excluding carboxylic acids is 1. The number of rotatable bonds is 4. The molecule has 0 N–H and O–H groups in total. The van der Waals surface area contributed by atoms with Gasteiger partial charge in [-0.3, -0.25) is 9.69 Å². The second-order valence-electron chi connectivity index (χ2n) is 6.79. The quantitative estimate of drug-likeness (QED) is 0.795. The van der Waals surface area contributed by atoms with Crippen LogP contribution in [-0.2, 0) is 4.79 Å². The van der Waals surface area contributed by atoms with E-state index in [0.29, 0.717) is 19.1 Å². The standard InChI is InChI=1S/C20H21N5O/c21-13-19-14-23(11-12-25(19)18-6-7-18)20(26)8-3-16-1-4-17(5-2-16)24-10-9-22-15-24/h1-5,8-10,15,18-19H,6-7,11-12,14H2/b8-3+. The minimum absolute atomic E-state index is 0.0283. The maximum absolute atomic E-state index is 12.5. The lowest BCUT2D eigenvalue weighted by molar-refractivity contribution is -0.128. The van der Waals surface area contributed by atoms with E-state index >= 15 is 0 Å². The van der Waals surface area contributed by atoms with Crippen molar-refractivity contribution in [3.8, 4) is 11.8 Å². The number of hydrogen-bond donors (Lipinski definition) is 0. The largest absolute Gasteiger partial charge is 0.335 e. The van der Waals surface area contributed by atoms with Crippen LogP contribution in [0.2, 0.25) is 0 Å². The van der Waals surface area contributed by atoms with Crippen molar-refractivity contribution in [2.45, 2.75) is 24.9 Å². The van der Waals surface area contributed by atoms with E-state index in [0.717, 1.165) is 17.8 Å². The summed E-state index contributed by atoms with van der Waals surface area (Å²) in [7, 11) is 0.